The van der Waals surface area contributed by atoms with Gasteiger partial charge in [0.2, 0.25) is 0 Å². The summed E-state index contributed by atoms with van der Waals surface area (Å²) in [6.07, 6.45) is 2.11. The normalized spacial score (nSPS) is 12.8. The lowest BCUT2D eigenvalue weighted by Crippen LogP contribution is -2.22. The van der Waals surface area contributed by atoms with Crippen molar-refractivity contribution < 1.29 is 0 Å². The van der Waals surface area contributed by atoms with Gasteiger partial charge in [-0.1, -0.05) is 13.8 Å². The Kier molecular flexibility index (Phi) is 4.92. The number of nitrogens with zero attached hydrogens (tertiary/aromatic N) is 1. The quantitative estimate of drug-likeness (QED) is 0.866. The van der Waals surface area contributed by atoms with E-state index in [4.69, 9.17) is 0 Å². The summed E-state index contributed by atoms with van der Waals surface area (Å²) in [7, 11) is 0. The first-order chi connectivity index (χ1) is 8.72. The van der Waals surface area contributed by atoms with Crippen molar-refractivity contribution in [1.82, 2.24) is 10.3 Å². The molecule has 0 fully saturated rings. The maximum absolute atomic E-state index is 4.57. The van der Waals surface area contributed by atoms with Gasteiger partial charge in [0.1, 0.15) is 0 Å². The molecule has 1 unspecified atom stereocenters. The van der Waals surface area contributed by atoms with Gasteiger partial charge in [-0.05, 0) is 32.0 Å². The fourth-order valence-corrected chi connectivity index (χ4v) is 3.66. The maximum Gasteiger partial charge on any atom is 0.0897 e. The molecular weight excluding hydrogens is 260 g/mol. The standard InChI is InChI=1S/C14H20N2S2/c1-4-12-6-7-14(18-12)13(15-5-2)8-11-9-17-10(3)16-11/h6-7,9,13,15H,4-5,8H2,1-3H3. The molecule has 0 radical (unpaired) electrons. The van der Waals surface area contributed by atoms with Gasteiger partial charge in [-0.3, -0.25) is 0 Å². The van der Waals surface area contributed by atoms with Crippen molar-refractivity contribution in [1.29, 1.82) is 0 Å². The summed E-state index contributed by atoms with van der Waals surface area (Å²) in [5.74, 6) is 0. The van der Waals surface area contributed by atoms with Gasteiger partial charge >= 0.3 is 0 Å². The molecule has 2 rings (SSSR count). The number of hydrogen-bond donors (Lipinski definition) is 1. The van der Waals surface area contributed by atoms with Crippen molar-refractivity contribution in [2.45, 2.75) is 39.7 Å². The van der Waals surface area contributed by atoms with Crippen LogP contribution in [0.5, 0.6) is 0 Å². The van der Waals surface area contributed by atoms with Gasteiger partial charge in [-0.15, -0.1) is 22.7 Å². The Morgan fingerprint density at radius 2 is 2.17 bits per heavy atom. The summed E-state index contributed by atoms with van der Waals surface area (Å²) >= 11 is 3.65. The second-order valence-corrected chi connectivity index (χ2v) is 6.59. The molecule has 2 heterocycles. The topological polar surface area (TPSA) is 24.9 Å². The molecule has 0 aliphatic carbocycles. The van der Waals surface area contributed by atoms with Crippen molar-refractivity contribution in [2.24, 2.45) is 0 Å². The van der Waals surface area contributed by atoms with Gasteiger partial charge in [0.15, 0.2) is 0 Å². The van der Waals surface area contributed by atoms with E-state index in [0.717, 1.165) is 24.4 Å². The van der Waals surface area contributed by atoms with E-state index in [0.29, 0.717) is 6.04 Å². The van der Waals surface area contributed by atoms with Crippen LogP contribution in [-0.2, 0) is 12.8 Å². The van der Waals surface area contributed by atoms with E-state index in [9.17, 15) is 0 Å². The number of likely N-dealkylation sites (N-methyl/N-ethyl adjacent to an activating group) is 1. The first kappa shape index (κ1) is 13.7. The molecule has 0 saturated heterocycles. The van der Waals surface area contributed by atoms with Crippen LogP contribution in [0.4, 0.5) is 0 Å². The lowest BCUT2D eigenvalue weighted by molar-refractivity contribution is 0.553. The fraction of sp³-hybridized carbons (Fsp3) is 0.500. The third-order valence-corrected chi connectivity index (χ3v) is 5.07. The van der Waals surface area contributed by atoms with E-state index in [1.807, 2.05) is 11.3 Å². The first-order valence-corrected chi connectivity index (χ1v) is 8.15. The molecule has 0 aliphatic heterocycles. The van der Waals surface area contributed by atoms with Crippen molar-refractivity contribution in [3.05, 3.63) is 38.0 Å². The number of hydrogen-bond acceptors (Lipinski definition) is 4. The summed E-state index contributed by atoms with van der Waals surface area (Å²) in [6.45, 7) is 7.43. The molecule has 2 aromatic heterocycles. The molecule has 0 aromatic carbocycles. The predicted molar refractivity (Wildman–Crippen MR) is 80.7 cm³/mol. The molecule has 1 N–H and O–H groups in total. The molecule has 0 amide bonds. The van der Waals surface area contributed by atoms with Crippen LogP contribution in [0.25, 0.3) is 0 Å². The Hall–Kier alpha value is -0.710. The number of rotatable bonds is 6. The molecule has 0 spiro atoms. The molecule has 18 heavy (non-hydrogen) atoms. The zero-order valence-electron chi connectivity index (χ0n) is 11.2. The zero-order chi connectivity index (χ0) is 13.0. The minimum Gasteiger partial charge on any atom is -0.309 e. The summed E-state index contributed by atoms with van der Waals surface area (Å²) in [5, 5.41) is 6.90. The van der Waals surface area contributed by atoms with Crippen LogP contribution in [0.2, 0.25) is 0 Å². The van der Waals surface area contributed by atoms with Gasteiger partial charge in [-0.25, -0.2) is 4.98 Å². The van der Waals surface area contributed by atoms with Crippen molar-refractivity contribution in [3.8, 4) is 0 Å². The Balaban J connectivity index is 2.12. The number of thiophene rings is 1. The SMILES string of the molecule is CCNC(Cc1csc(C)n1)c1ccc(CC)s1. The third-order valence-electron chi connectivity index (χ3n) is 2.90. The minimum atomic E-state index is 0.404. The third kappa shape index (κ3) is 3.40. The van der Waals surface area contributed by atoms with Crippen molar-refractivity contribution in [3.63, 3.8) is 0 Å². The molecule has 2 aromatic rings. The van der Waals surface area contributed by atoms with Crippen LogP contribution >= 0.6 is 22.7 Å². The summed E-state index contributed by atoms with van der Waals surface area (Å²) in [6, 6.07) is 4.91. The Labute approximate surface area is 117 Å². The Morgan fingerprint density at radius 1 is 1.33 bits per heavy atom. The fourth-order valence-electron chi connectivity index (χ4n) is 2.00. The summed E-state index contributed by atoms with van der Waals surface area (Å²) in [4.78, 5) is 7.46. The van der Waals surface area contributed by atoms with E-state index in [-0.39, 0.29) is 0 Å². The molecule has 0 bridgehead atoms. The molecule has 0 aliphatic rings. The minimum absolute atomic E-state index is 0.404. The predicted octanol–water partition coefficient (Wildman–Crippen LogP) is 3.97. The van der Waals surface area contributed by atoms with Gasteiger partial charge in [0.05, 0.1) is 10.7 Å². The Bertz CT molecular complexity index is 487. The van der Waals surface area contributed by atoms with Crippen LogP contribution in [0.1, 0.15) is 40.3 Å². The number of nitrogens with one attached hydrogen (secondary N) is 1. The van der Waals surface area contributed by atoms with Crippen LogP contribution in [0.15, 0.2) is 17.5 Å². The molecule has 2 nitrogen and oxygen atoms in total. The number of thiazole rings is 1. The molecule has 0 saturated carbocycles. The highest BCUT2D eigenvalue weighted by molar-refractivity contribution is 7.12. The summed E-state index contributed by atoms with van der Waals surface area (Å²) in [5.41, 5.74) is 1.20. The smallest absolute Gasteiger partial charge is 0.0897 e. The van der Waals surface area contributed by atoms with E-state index < -0.39 is 0 Å². The largest absolute Gasteiger partial charge is 0.309 e. The van der Waals surface area contributed by atoms with Crippen LogP contribution in [-0.4, -0.2) is 11.5 Å². The number of aromatic nitrogens is 1. The highest BCUT2D eigenvalue weighted by atomic mass is 32.1. The zero-order valence-corrected chi connectivity index (χ0v) is 12.8. The first-order valence-electron chi connectivity index (χ1n) is 6.46. The van der Waals surface area contributed by atoms with Crippen molar-refractivity contribution in [2.75, 3.05) is 6.54 Å². The van der Waals surface area contributed by atoms with E-state index >= 15 is 0 Å². The number of aryl methyl sites for hydroxylation is 2. The molecule has 1 atom stereocenters. The van der Waals surface area contributed by atoms with Gasteiger partial charge in [0, 0.05) is 27.6 Å². The second-order valence-electron chi connectivity index (χ2n) is 4.33. The van der Waals surface area contributed by atoms with Gasteiger partial charge in [-0.2, -0.15) is 0 Å². The van der Waals surface area contributed by atoms with Crippen LogP contribution < -0.4 is 5.32 Å². The van der Waals surface area contributed by atoms with E-state index in [1.54, 1.807) is 11.3 Å². The second kappa shape index (κ2) is 6.45. The monoisotopic (exact) mass is 280 g/mol. The highest BCUT2D eigenvalue weighted by Crippen LogP contribution is 2.26. The maximum atomic E-state index is 4.57. The molecule has 4 heteroatoms. The Morgan fingerprint density at radius 3 is 2.72 bits per heavy atom. The molecular formula is C14H20N2S2. The average molecular weight is 280 g/mol. The summed E-state index contributed by atoms with van der Waals surface area (Å²) < 4.78 is 0. The van der Waals surface area contributed by atoms with Crippen molar-refractivity contribution >= 4 is 22.7 Å². The van der Waals surface area contributed by atoms with Crippen LogP contribution in [0.3, 0.4) is 0 Å². The highest BCUT2D eigenvalue weighted by Gasteiger charge is 2.14. The van der Waals surface area contributed by atoms with Gasteiger partial charge < -0.3 is 5.32 Å². The lowest BCUT2D eigenvalue weighted by Gasteiger charge is -2.15. The lowest BCUT2D eigenvalue weighted by atomic mass is 10.1. The molecule has 98 valence electrons. The van der Waals surface area contributed by atoms with Crippen LogP contribution in [0, 0.1) is 6.92 Å². The van der Waals surface area contributed by atoms with E-state index in [1.165, 1.54) is 15.4 Å². The van der Waals surface area contributed by atoms with Gasteiger partial charge in [0.25, 0.3) is 0 Å². The average Bonchev–Trinajstić information content (AvgIpc) is 2.97. The van der Waals surface area contributed by atoms with E-state index in [2.05, 4.69) is 48.6 Å².